The molecule has 0 fully saturated rings. The Morgan fingerprint density at radius 1 is 1.12 bits per heavy atom. The minimum atomic E-state index is 0.512. The monoisotopic (exact) mass is 333 g/mol. The molecule has 0 aliphatic rings. The molecule has 3 aromatic rings. The van der Waals surface area contributed by atoms with Crippen molar-refractivity contribution in [3.8, 4) is 17.6 Å². The summed E-state index contributed by atoms with van der Waals surface area (Å²) in [6, 6.07) is 19.3. The van der Waals surface area contributed by atoms with E-state index in [4.69, 9.17) is 4.74 Å². The van der Waals surface area contributed by atoms with Gasteiger partial charge in [0.15, 0.2) is 0 Å². The number of nitriles is 1. The maximum absolute atomic E-state index is 9.26. The van der Waals surface area contributed by atoms with Crippen molar-refractivity contribution >= 4 is 22.6 Å². The van der Waals surface area contributed by atoms with Crippen LogP contribution in [0.25, 0.3) is 5.57 Å². The van der Waals surface area contributed by atoms with Gasteiger partial charge in [-0.1, -0.05) is 18.2 Å². The zero-order valence-corrected chi connectivity index (χ0v) is 13.9. The topological polar surface area (TPSA) is 57.9 Å². The van der Waals surface area contributed by atoms with E-state index in [2.05, 4.69) is 16.4 Å². The zero-order valence-electron chi connectivity index (χ0n) is 13.1. The van der Waals surface area contributed by atoms with Crippen molar-refractivity contribution in [2.24, 2.45) is 0 Å². The second kappa shape index (κ2) is 7.44. The van der Waals surface area contributed by atoms with E-state index in [0.717, 1.165) is 22.9 Å². The molecule has 0 saturated heterocycles. The Labute approximate surface area is 144 Å². The summed E-state index contributed by atoms with van der Waals surface area (Å²) in [5, 5.41) is 15.0. The van der Waals surface area contributed by atoms with Crippen LogP contribution in [0, 0.1) is 18.3 Å². The van der Waals surface area contributed by atoms with E-state index in [9.17, 15) is 5.26 Å². The van der Waals surface area contributed by atoms with Gasteiger partial charge in [0, 0.05) is 23.0 Å². The van der Waals surface area contributed by atoms with E-state index in [1.54, 1.807) is 6.20 Å². The summed E-state index contributed by atoms with van der Waals surface area (Å²) in [7, 11) is 0. The van der Waals surface area contributed by atoms with E-state index in [1.807, 2.05) is 66.9 Å². The number of allylic oxidation sites excluding steroid dienone is 1. The summed E-state index contributed by atoms with van der Waals surface area (Å²) in [5.74, 6) is 1.55. The van der Waals surface area contributed by atoms with Gasteiger partial charge in [-0.3, -0.25) is 0 Å². The molecular formula is C19H15N3OS. The number of aromatic nitrogens is 1. The molecule has 0 aliphatic heterocycles. The summed E-state index contributed by atoms with van der Waals surface area (Å²) in [6.07, 6.45) is 1.67. The van der Waals surface area contributed by atoms with Gasteiger partial charge in [-0.25, -0.2) is 4.98 Å². The highest BCUT2D eigenvalue weighted by atomic mass is 32.1. The Morgan fingerprint density at radius 3 is 2.46 bits per heavy atom. The van der Waals surface area contributed by atoms with Crippen LogP contribution >= 0.6 is 11.3 Å². The number of ether oxygens (including phenoxy) is 1. The number of nitrogens with one attached hydrogen (secondary N) is 1. The van der Waals surface area contributed by atoms with Crippen molar-refractivity contribution in [2.75, 3.05) is 5.32 Å². The minimum absolute atomic E-state index is 0.512. The molecule has 0 atom stereocenters. The quantitative estimate of drug-likeness (QED) is 0.650. The highest BCUT2D eigenvalue weighted by Crippen LogP contribution is 2.23. The van der Waals surface area contributed by atoms with Gasteiger partial charge in [-0.15, -0.1) is 11.3 Å². The van der Waals surface area contributed by atoms with Crippen molar-refractivity contribution in [3.63, 3.8) is 0 Å². The average Bonchev–Trinajstić information content (AvgIpc) is 3.04. The standard InChI is InChI=1S/C19H15N3OS/c1-14-13-24-19(22-14)15(11-20)12-21-16-7-9-18(10-8-16)23-17-5-3-2-4-6-17/h2-10,12-13,21H,1H3/b15-12+. The van der Waals surface area contributed by atoms with Crippen molar-refractivity contribution < 1.29 is 4.74 Å². The number of rotatable bonds is 5. The molecule has 0 spiro atoms. The third-order valence-electron chi connectivity index (χ3n) is 3.19. The molecule has 24 heavy (non-hydrogen) atoms. The van der Waals surface area contributed by atoms with Gasteiger partial charge in [0.05, 0.1) is 0 Å². The van der Waals surface area contributed by atoms with Crippen LogP contribution < -0.4 is 10.1 Å². The van der Waals surface area contributed by atoms with Crippen LogP contribution in [0.3, 0.4) is 0 Å². The van der Waals surface area contributed by atoms with Crippen LogP contribution in [-0.4, -0.2) is 4.98 Å². The summed E-state index contributed by atoms with van der Waals surface area (Å²) >= 11 is 1.46. The van der Waals surface area contributed by atoms with E-state index < -0.39 is 0 Å². The Kier molecular flexibility index (Phi) is 4.90. The molecule has 1 heterocycles. The van der Waals surface area contributed by atoms with E-state index in [1.165, 1.54) is 11.3 Å². The van der Waals surface area contributed by atoms with Crippen LogP contribution in [0.5, 0.6) is 11.5 Å². The lowest BCUT2D eigenvalue weighted by Gasteiger charge is -2.06. The number of thiazole rings is 1. The molecule has 3 rings (SSSR count). The lowest BCUT2D eigenvalue weighted by Crippen LogP contribution is -1.91. The molecule has 4 nitrogen and oxygen atoms in total. The van der Waals surface area contributed by atoms with Gasteiger partial charge < -0.3 is 10.1 Å². The Bertz CT molecular complexity index is 877. The fourth-order valence-electron chi connectivity index (χ4n) is 2.02. The van der Waals surface area contributed by atoms with Crippen molar-refractivity contribution in [3.05, 3.63) is 76.9 Å². The van der Waals surface area contributed by atoms with Crippen molar-refractivity contribution in [1.82, 2.24) is 4.98 Å². The van der Waals surface area contributed by atoms with Gasteiger partial charge in [0.2, 0.25) is 0 Å². The summed E-state index contributed by atoms with van der Waals surface area (Å²) < 4.78 is 5.75. The van der Waals surface area contributed by atoms with Gasteiger partial charge in [-0.05, 0) is 43.3 Å². The molecule has 0 bridgehead atoms. The molecule has 5 heteroatoms. The van der Waals surface area contributed by atoms with E-state index in [-0.39, 0.29) is 0 Å². The molecule has 0 radical (unpaired) electrons. The van der Waals surface area contributed by atoms with Gasteiger partial charge in [0.1, 0.15) is 28.1 Å². The van der Waals surface area contributed by atoms with Crippen LogP contribution in [0.1, 0.15) is 10.7 Å². The number of anilines is 1. The smallest absolute Gasteiger partial charge is 0.135 e. The lowest BCUT2D eigenvalue weighted by atomic mass is 10.3. The van der Waals surface area contributed by atoms with Crippen LogP contribution in [-0.2, 0) is 0 Å². The molecule has 118 valence electrons. The number of benzene rings is 2. The molecule has 0 amide bonds. The first-order valence-corrected chi connectivity index (χ1v) is 8.25. The molecule has 0 aliphatic carbocycles. The molecule has 2 aromatic carbocycles. The molecule has 1 N–H and O–H groups in total. The van der Waals surface area contributed by atoms with E-state index >= 15 is 0 Å². The maximum Gasteiger partial charge on any atom is 0.135 e. The molecular weight excluding hydrogens is 318 g/mol. The Hall–Kier alpha value is -3.10. The third kappa shape index (κ3) is 4.00. The van der Waals surface area contributed by atoms with Gasteiger partial charge in [-0.2, -0.15) is 5.26 Å². The second-order valence-electron chi connectivity index (χ2n) is 5.05. The average molecular weight is 333 g/mol. The van der Waals surface area contributed by atoms with Gasteiger partial charge >= 0.3 is 0 Å². The molecule has 0 unspecified atom stereocenters. The van der Waals surface area contributed by atoms with Crippen LogP contribution in [0.15, 0.2) is 66.2 Å². The molecule has 0 saturated carbocycles. The predicted molar refractivity (Wildman–Crippen MR) is 97.0 cm³/mol. The number of hydrogen-bond acceptors (Lipinski definition) is 5. The number of nitrogens with zero attached hydrogens (tertiary/aromatic N) is 2. The number of aryl methyl sites for hydroxylation is 1. The Balaban J connectivity index is 1.68. The first-order valence-electron chi connectivity index (χ1n) is 7.37. The van der Waals surface area contributed by atoms with Gasteiger partial charge in [0.25, 0.3) is 0 Å². The van der Waals surface area contributed by atoms with Crippen LogP contribution in [0.4, 0.5) is 5.69 Å². The highest BCUT2D eigenvalue weighted by molar-refractivity contribution is 7.10. The second-order valence-corrected chi connectivity index (χ2v) is 5.91. The summed E-state index contributed by atoms with van der Waals surface area (Å²) in [5.41, 5.74) is 2.30. The first kappa shape index (κ1) is 15.8. The first-order chi connectivity index (χ1) is 11.7. The maximum atomic E-state index is 9.26. The largest absolute Gasteiger partial charge is 0.457 e. The highest BCUT2D eigenvalue weighted by Gasteiger charge is 2.05. The summed E-state index contributed by atoms with van der Waals surface area (Å²) in [4.78, 5) is 4.32. The number of para-hydroxylation sites is 1. The normalized spacial score (nSPS) is 10.9. The fourth-order valence-corrected chi connectivity index (χ4v) is 2.78. The third-order valence-corrected chi connectivity index (χ3v) is 4.18. The zero-order chi connectivity index (χ0) is 16.8. The SMILES string of the molecule is Cc1csc(/C(C#N)=C/Nc2ccc(Oc3ccccc3)cc2)n1. The van der Waals surface area contributed by atoms with Crippen molar-refractivity contribution in [2.45, 2.75) is 6.92 Å². The minimum Gasteiger partial charge on any atom is -0.457 e. The Morgan fingerprint density at radius 2 is 1.83 bits per heavy atom. The van der Waals surface area contributed by atoms with Crippen molar-refractivity contribution in [1.29, 1.82) is 5.26 Å². The fraction of sp³-hybridized carbons (Fsp3) is 0.0526. The molecule has 1 aromatic heterocycles. The predicted octanol–water partition coefficient (Wildman–Crippen LogP) is 5.22. The number of hydrogen-bond donors (Lipinski definition) is 1. The summed E-state index contributed by atoms with van der Waals surface area (Å²) in [6.45, 7) is 1.91. The lowest BCUT2D eigenvalue weighted by molar-refractivity contribution is 0.483. The van der Waals surface area contributed by atoms with Crippen LogP contribution in [0.2, 0.25) is 0 Å². The van der Waals surface area contributed by atoms with E-state index in [0.29, 0.717) is 10.6 Å².